The number of rotatable bonds is 11. The Balaban J connectivity index is 1.51. The Hall–Kier alpha value is -3.27. The van der Waals surface area contributed by atoms with E-state index in [1.807, 2.05) is 42.3 Å². The summed E-state index contributed by atoms with van der Waals surface area (Å²) in [5.74, 6) is 1.51. The Kier molecular flexibility index (Phi) is 7.80. The van der Waals surface area contributed by atoms with E-state index in [9.17, 15) is 8.42 Å². The summed E-state index contributed by atoms with van der Waals surface area (Å²) in [5, 5.41) is 4.46. The normalized spacial score (nSPS) is 12.0. The van der Waals surface area contributed by atoms with Gasteiger partial charge in [-0.25, -0.2) is 22.4 Å². The molecule has 0 aliphatic carbocycles. The van der Waals surface area contributed by atoms with Gasteiger partial charge in [0.1, 0.15) is 11.6 Å². The van der Waals surface area contributed by atoms with E-state index in [0.717, 1.165) is 36.2 Å². The summed E-state index contributed by atoms with van der Waals surface area (Å²) in [7, 11) is 2.42. The number of aromatic nitrogens is 3. The number of hydrogen-bond donors (Lipinski definition) is 1. The minimum absolute atomic E-state index is 0.267. The van der Waals surface area contributed by atoms with Crippen LogP contribution in [-0.4, -0.2) is 66.4 Å². The molecule has 0 saturated heterocycles. The second-order valence-electron chi connectivity index (χ2n) is 8.87. The fraction of sp³-hybridized carbons (Fsp3) is 0.308. The number of para-hydroxylation sites is 1. The lowest BCUT2D eigenvalue weighted by molar-refractivity contribution is 0.306. The van der Waals surface area contributed by atoms with E-state index in [0.29, 0.717) is 24.6 Å². The van der Waals surface area contributed by atoms with Gasteiger partial charge in [-0.15, -0.1) is 0 Å². The second kappa shape index (κ2) is 11.0. The molecular weight excluding hydrogens is 460 g/mol. The Morgan fingerprint density at radius 1 is 0.886 bits per heavy atom. The van der Waals surface area contributed by atoms with Crippen LogP contribution < -0.4 is 5.32 Å². The van der Waals surface area contributed by atoms with Gasteiger partial charge in [0.05, 0.1) is 17.0 Å². The quantitative estimate of drug-likeness (QED) is 0.320. The fourth-order valence-electron chi connectivity index (χ4n) is 3.97. The number of anilines is 1. The molecule has 2 heterocycles. The molecule has 0 unspecified atom stereocenters. The summed E-state index contributed by atoms with van der Waals surface area (Å²) in [4.78, 5) is 14.0. The molecule has 1 N–H and O–H groups in total. The zero-order valence-electron chi connectivity index (χ0n) is 20.4. The third-order valence-corrected chi connectivity index (χ3v) is 7.40. The summed E-state index contributed by atoms with van der Waals surface area (Å²) in [6.07, 6.45) is 2.60. The number of fused-ring (bicyclic) bond motifs is 1. The van der Waals surface area contributed by atoms with Gasteiger partial charge in [-0.2, -0.15) is 0 Å². The minimum atomic E-state index is -3.65. The number of benzene rings is 2. The van der Waals surface area contributed by atoms with Crippen LogP contribution in [0.1, 0.15) is 17.9 Å². The molecule has 184 valence electrons. The summed E-state index contributed by atoms with van der Waals surface area (Å²) >= 11 is 0. The molecule has 0 spiro atoms. The minimum Gasteiger partial charge on any atom is -0.369 e. The van der Waals surface area contributed by atoms with Gasteiger partial charge in [0.15, 0.2) is 0 Å². The lowest BCUT2D eigenvalue weighted by Crippen LogP contribution is -2.23. The van der Waals surface area contributed by atoms with Crippen LogP contribution in [0, 0.1) is 0 Å². The first kappa shape index (κ1) is 24.8. The number of nitrogens with zero attached hydrogens (tertiary/aromatic N) is 5. The maximum absolute atomic E-state index is 13.1. The van der Waals surface area contributed by atoms with Gasteiger partial charge in [-0.05, 0) is 70.5 Å². The van der Waals surface area contributed by atoms with Crippen LogP contribution in [0.5, 0.6) is 0 Å². The molecule has 8 nitrogen and oxygen atoms in total. The van der Waals surface area contributed by atoms with Crippen molar-refractivity contribution in [3.8, 4) is 0 Å². The highest BCUT2D eigenvalue weighted by molar-refractivity contribution is 7.90. The molecule has 9 heteroatoms. The van der Waals surface area contributed by atoms with Crippen molar-refractivity contribution < 1.29 is 8.42 Å². The first-order chi connectivity index (χ1) is 16.8. The van der Waals surface area contributed by atoms with Crippen molar-refractivity contribution in [2.75, 3.05) is 39.5 Å². The van der Waals surface area contributed by atoms with Crippen LogP contribution >= 0.6 is 0 Å². The monoisotopic (exact) mass is 492 g/mol. The molecule has 2 aromatic carbocycles. The second-order valence-corrected chi connectivity index (χ2v) is 10.7. The number of hydrogen-bond acceptors (Lipinski definition) is 7. The number of nitrogens with one attached hydrogen (secondary N) is 1. The van der Waals surface area contributed by atoms with Crippen LogP contribution in [0.25, 0.3) is 10.9 Å². The van der Waals surface area contributed by atoms with Crippen molar-refractivity contribution >= 4 is 26.7 Å². The van der Waals surface area contributed by atoms with E-state index < -0.39 is 10.0 Å². The van der Waals surface area contributed by atoms with Crippen LogP contribution in [0.15, 0.2) is 77.8 Å². The first-order valence-corrected chi connectivity index (χ1v) is 13.1. The Morgan fingerprint density at radius 3 is 2.40 bits per heavy atom. The van der Waals surface area contributed by atoms with Crippen LogP contribution in [-0.2, 0) is 23.1 Å². The van der Waals surface area contributed by atoms with Crippen molar-refractivity contribution in [1.82, 2.24) is 23.7 Å². The lowest BCUT2D eigenvalue weighted by atomic mass is 10.2. The van der Waals surface area contributed by atoms with Gasteiger partial charge in [-0.3, -0.25) is 4.90 Å². The van der Waals surface area contributed by atoms with E-state index in [1.54, 1.807) is 42.6 Å². The molecule has 0 amide bonds. The van der Waals surface area contributed by atoms with Crippen molar-refractivity contribution in [3.63, 3.8) is 0 Å². The van der Waals surface area contributed by atoms with Crippen LogP contribution in [0.3, 0.4) is 0 Å². The molecule has 35 heavy (non-hydrogen) atoms. The van der Waals surface area contributed by atoms with Crippen LogP contribution in [0.2, 0.25) is 0 Å². The Morgan fingerprint density at radius 2 is 1.63 bits per heavy atom. The zero-order chi connectivity index (χ0) is 24.8. The fourth-order valence-corrected chi connectivity index (χ4v) is 5.36. The Labute approximate surface area is 207 Å². The van der Waals surface area contributed by atoms with Gasteiger partial charge in [-0.1, -0.05) is 30.3 Å². The van der Waals surface area contributed by atoms with Gasteiger partial charge in [0, 0.05) is 30.4 Å². The molecular formula is C26H32N6O2S. The average molecular weight is 493 g/mol. The van der Waals surface area contributed by atoms with Crippen LogP contribution in [0.4, 0.5) is 5.82 Å². The molecule has 0 atom stereocenters. The topological polar surface area (TPSA) is 83.4 Å². The van der Waals surface area contributed by atoms with Crippen molar-refractivity contribution in [3.05, 3.63) is 84.4 Å². The van der Waals surface area contributed by atoms with Crippen molar-refractivity contribution in [2.45, 2.75) is 24.4 Å². The molecule has 0 radical (unpaired) electrons. The largest absolute Gasteiger partial charge is 0.369 e. The third-order valence-electron chi connectivity index (χ3n) is 5.66. The summed E-state index contributed by atoms with van der Waals surface area (Å²) in [6.45, 7) is 2.73. The molecule has 0 fully saturated rings. The predicted octanol–water partition coefficient (Wildman–Crippen LogP) is 3.66. The SMILES string of the molecule is CN(C)CCCNc1nc(CN(C)Cc2cccn2S(=O)(=O)c2ccccc2)nc2ccccc12. The Bertz CT molecular complexity index is 1370. The summed E-state index contributed by atoms with van der Waals surface area (Å²) in [5.41, 5.74) is 1.57. The standard InChI is InChI=1S/C26H32N6O2S/c1-30(2)17-10-16-27-26-23-14-7-8-15-24(23)28-25(29-26)20-31(3)19-21-11-9-18-32(21)35(33,34)22-12-5-4-6-13-22/h4-9,11-15,18H,10,16-17,19-20H2,1-3H3,(H,27,28,29). The third kappa shape index (κ3) is 6.05. The molecule has 0 saturated carbocycles. The van der Waals surface area contributed by atoms with Gasteiger partial charge in [0.2, 0.25) is 0 Å². The average Bonchev–Trinajstić information content (AvgIpc) is 3.31. The van der Waals surface area contributed by atoms with E-state index in [-0.39, 0.29) is 4.90 Å². The van der Waals surface area contributed by atoms with Crippen molar-refractivity contribution in [1.29, 1.82) is 0 Å². The summed E-state index contributed by atoms with van der Waals surface area (Å²) < 4.78 is 27.6. The van der Waals surface area contributed by atoms with Gasteiger partial charge >= 0.3 is 0 Å². The maximum atomic E-state index is 13.1. The molecule has 4 aromatic rings. The van der Waals surface area contributed by atoms with Gasteiger partial charge < -0.3 is 10.2 Å². The molecule has 0 bridgehead atoms. The molecule has 0 aliphatic heterocycles. The predicted molar refractivity (Wildman–Crippen MR) is 140 cm³/mol. The van der Waals surface area contributed by atoms with Gasteiger partial charge in [0.25, 0.3) is 10.0 Å². The maximum Gasteiger partial charge on any atom is 0.267 e. The highest BCUT2D eigenvalue weighted by Gasteiger charge is 2.20. The van der Waals surface area contributed by atoms with E-state index >= 15 is 0 Å². The highest BCUT2D eigenvalue weighted by atomic mass is 32.2. The van der Waals surface area contributed by atoms with E-state index in [2.05, 4.69) is 24.3 Å². The summed E-state index contributed by atoms with van der Waals surface area (Å²) in [6, 6.07) is 20.0. The highest BCUT2D eigenvalue weighted by Crippen LogP contribution is 2.22. The zero-order valence-corrected chi connectivity index (χ0v) is 21.2. The molecule has 4 rings (SSSR count). The molecule has 0 aliphatic rings. The van der Waals surface area contributed by atoms with E-state index in [4.69, 9.17) is 9.97 Å². The van der Waals surface area contributed by atoms with Crippen molar-refractivity contribution in [2.24, 2.45) is 0 Å². The smallest absolute Gasteiger partial charge is 0.267 e. The van der Waals surface area contributed by atoms with E-state index in [1.165, 1.54) is 3.97 Å². The lowest BCUT2D eigenvalue weighted by Gasteiger charge is -2.19. The molecule has 2 aromatic heterocycles. The first-order valence-electron chi connectivity index (χ1n) is 11.6.